The second-order valence-corrected chi connectivity index (χ2v) is 12.2. The molecule has 222 valence electrons. The zero-order valence-electron chi connectivity index (χ0n) is 23.6. The highest BCUT2D eigenvalue weighted by atomic mass is 19.1. The Morgan fingerprint density at radius 3 is 2.44 bits per heavy atom. The molecule has 1 fully saturated rings. The number of likely N-dealkylation sites (N-methyl/N-ethyl adjacent to an activating group) is 1. The van der Waals surface area contributed by atoms with E-state index in [1.54, 1.807) is 14.1 Å². The van der Waals surface area contributed by atoms with E-state index in [0.717, 1.165) is 32.4 Å². The van der Waals surface area contributed by atoms with Gasteiger partial charge in [0.25, 0.3) is 5.91 Å². The molecule has 0 radical (unpaired) electrons. The molecule has 41 heavy (non-hydrogen) atoms. The number of amides is 1. The maximum absolute atomic E-state index is 16.1. The number of nitrogens with zero attached hydrogens (tertiary/aromatic N) is 2. The molecule has 11 heteroatoms. The number of rotatable bonds is 8. The number of fused-ring (bicyclic) bond motifs is 3. The Labute approximate surface area is 237 Å². The lowest BCUT2D eigenvalue weighted by Crippen LogP contribution is -2.63. The Bertz CT molecular complexity index is 1380. The molecule has 0 aliphatic heterocycles. The topological polar surface area (TPSA) is 165 Å². The summed E-state index contributed by atoms with van der Waals surface area (Å²) in [6.45, 7) is 3.92. The number of ketones is 2. The molecule has 1 amide bonds. The maximum Gasteiger partial charge on any atom is 0.255 e. The second-order valence-electron chi connectivity index (χ2n) is 12.2. The first-order valence-corrected chi connectivity index (χ1v) is 14.2. The van der Waals surface area contributed by atoms with Crippen molar-refractivity contribution >= 4 is 17.5 Å². The summed E-state index contributed by atoms with van der Waals surface area (Å²) < 4.78 is 16.1. The average molecular weight is 572 g/mol. The molecule has 10 nitrogen and oxygen atoms in total. The third-order valence-corrected chi connectivity index (χ3v) is 9.41. The summed E-state index contributed by atoms with van der Waals surface area (Å²) in [5, 5.41) is 44.8. The van der Waals surface area contributed by atoms with E-state index in [0.29, 0.717) is 5.92 Å². The molecular weight excluding hydrogens is 533 g/mol. The fourth-order valence-electron chi connectivity index (χ4n) is 7.30. The van der Waals surface area contributed by atoms with Crippen molar-refractivity contribution in [1.29, 1.82) is 0 Å². The van der Waals surface area contributed by atoms with Crippen molar-refractivity contribution in [3.63, 3.8) is 0 Å². The molecule has 0 aromatic heterocycles. The highest BCUT2D eigenvalue weighted by molar-refractivity contribution is 6.24. The first-order chi connectivity index (χ1) is 19.3. The van der Waals surface area contributed by atoms with Gasteiger partial charge in [0, 0.05) is 35.7 Å². The fraction of sp³-hybridized carbons (Fsp3) is 0.567. The number of carbonyl (C=O) groups excluding carboxylic acids is 3. The second kappa shape index (κ2) is 10.5. The number of nitrogens with two attached hydrogens (primary N) is 1. The van der Waals surface area contributed by atoms with Crippen LogP contribution in [0, 0.1) is 23.6 Å². The summed E-state index contributed by atoms with van der Waals surface area (Å²) in [5.41, 5.74) is 1.45. The first-order valence-electron chi connectivity index (χ1n) is 14.2. The average Bonchev–Trinajstić information content (AvgIpc) is 2.86. The van der Waals surface area contributed by atoms with Gasteiger partial charge in [-0.2, -0.15) is 0 Å². The number of benzene rings is 1. The van der Waals surface area contributed by atoms with Gasteiger partial charge >= 0.3 is 0 Å². The van der Waals surface area contributed by atoms with E-state index in [9.17, 15) is 34.8 Å². The van der Waals surface area contributed by atoms with E-state index >= 15 is 4.39 Å². The molecule has 4 aliphatic rings. The lowest BCUT2D eigenvalue weighted by Gasteiger charge is -2.50. The van der Waals surface area contributed by atoms with Crippen molar-refractivity contribution in [3.05, 3.63) is 51.2 Å². The number of aromatic hydroxyl groups is 1. The van der Waals surface area contributed by atoms with Gasteiger partial charge in [-0.3, -0.25) is 24.2 Å². The Kier molecular flexibility index (Phi) is 7.50. The van der Waals surface area contributed by atoms with Crippen molar-refractivity contribution in [2.75, 3.05) is 27.2 Å². The lowest BCUT2D eigenvalue weighted by molar-refractivity contribution is -0.148. The summed E-state index contributed by atoms with van der Waals surface area (Å²) in [4.78, 5) is 42.8. The summed E-state index contributed by atoms with van der Waals surface area (Å²) >= 11 is 0. The number of primary amides is 1. The molecule has 1 aromatic rings. The minimum Gasteiger partial charge on any atom is -0.510 e. The number of aliphatic hydroxyl groups excluding tert-OH is 2. The number of phenolic OH excluding ortho intramolecular Hbond substituents is 1. The van der Waals surface area contributed by atoms with Gasteiger partial charge in [-0.15, -0.1) is 0 Å². The molecule has 1 aromatic carbocycles. The smallest absolute Gasteiger partial charge is 0.255 e. The van der Waals surface area contributed by atoms with Crippen LogP contribution in [0.3, 0.4) is 0 Å². The summed E-state index contributed by atoms with van der Waals surface area (Å²) in [6, 6.07) is 0.146. The number of hydrogen-bond acceptors (Lipinski definition) is 9. The molecule has 0 bridgehead atoms. The predicted octanol–water partition coefficient (Wildman–Crippen LogP) is 2.27. The van der Waals surface area contributed by atoms with Crippen LogP contribution in [0.5, 0.6) is 5.75 Å². The summed E-state index contributed by atoms with van der Waals surface area (Å²) in [6.07, 6.45) is 4.20. The molecule has 4 atom stereocenters. The normalized spacial score (nSPS) is 28.1. The summed E-state index contributed by atoms with van der Waals surface area (Å²) in [5.74, 6) is -7.52. The highest BCUT2D eigenvalue weighted by Crippen LogP contribution is 2.52. The minimum atomic E-state index is -2.72. The quantitative estimate of drug-likeness (QED) is 0.294. The van der Waals surface area contributed by atoms with Gasteiger partial charge in [0.05, 0.1) is 11.6 Å². The summed E-state index contributed by atoms with van der Waals surface area (Å²) in [7, 11) is 3.12. The van der Waals surface area contributed by atoms with Crippen LogP contribution in [0.1, 0.15) is 60.5 Å². The molecule has 4 aliphatic carbocycles. The van der Waals surface area contributed by atoms with E-state index in [-0.39, 0.29) is 41.6 Å². The molecule has 5 rings (SSSR count). The number of phenols is 1. The van der Waals surface area contributed by atoms with Gasteiger partial charge in [0.15, 0.2) is 11.4 Å². The van der Waals surface area contributed by atoms with Crippen molar-refractivity contribution in [2.45, 2.75) is 63.6 Å². The van der Waals surface area contributed by atoms with E-state index in [1.165, 1.54) is 17.4 Å². The number of aliphatic hydroxyl groups is 3. The predicted molar refractivity (Wildman–Crippen MR) is 147 cm³/mol. The van der Waals surface area contributed by atoms with Crippen LogP contribution < -0.4 is 5.73 Å². The van der Waals surface area contributed by atoms with E-state index in [1.807, 2.05) is 6.92 Å². The number of Topliss-reactive ketones (excluding diaryl/α,β-unsaturated/α-hetero) is 2. The zero-order valence-corrected chi connectivity index (χ0v) is 23.6. The molecular formula is C30H38FN3O7. The number of allylic oxidation sites excluding steroid dienone is 1. The van der Waals surface area contributed by atoms with Crippen LogP contribution >= 0.6 is 0 Å². The molecule has 0 saturated heterocycles. The number of halogens is 1. The molecule has 0 unspecified atom stereocenters. The largest absolute Gasteiger partial charge is 0.510 e. The van der Waals surface area contributed by atoms with Crippen molar-refractivity contribution in [2.24, 2.45) is 23.5 Å². The third-order valence-electron chi connectivity index (χ3n) is 9.41. The van der Waals surface area contributed by atoms with Gasteiger partial charge < -0.3 is 26.2 Å². The van der Waals surface area contributed by atoms with Crippen LogP contribution in [-0.2, 0) is 22.6 Å². The molecule has 1 saturated carbocycles. The third kappa shape index (κ3) is 4.45. The van der Waals surface area contributed by atoms with Crippen molar-refractivity contribution in [1.82, 2.24) is 9.80 Å². The van der Waals surface area contributed by atoms with Gasteiger partial charge in [0.2, 0.25) is 5.78 Å². The Morgan fingerprint density at radius 1 is 1.20 bits per heavy atom. The highest BCUT2D eigenvalue weighted by Gasteiger charge is 2.63. The number of hydrogen-bond donors (Lipinski definition) is 5. The van der Waals surface area contributed by atoms with Gasteiger partial charge in [-0.05, 0) is 70.6 Å². The van der Waals surface area contributed by atoms with Gasteiger partial charge in [-0.1, -0.05) is 13.3 Å². The zero-order chi connectivity index (χ0) is 30.0. The monoisotopic (exact) mass is 571 g/mol. The van der Waals surface area contributed by atoms with Crippen LogP contribution in [0.15, 0.2) is 28.7 Å². The van der Waals surface area contributed by atoms with E-state index < -0.39 is 69.6 Å². The molecule has 0 heterocycles. The molecule has 6 N–H and O–H groups in total. The van der Waals surface area contributed by atoms with Crippen LogP contribution in [0.2, 0.25) is 0 Å². The van der Waals surface area contributed by atoms with Crippen LogP contribution in [0.25, 0.3) is 0 Å². The Hall–Kier alpha value is -3.28. The SMILES string of the molecule is CCCN(Cc1cc(O)c2c(c1F)C[C@H]1C[C@H]3[C@H](N(C)C)C(O)=C(C(N)=O)C(=O)[C@@]3(O)C(O)=C1C2=O)CC1CCC1. The Balaban J connectivity index is 1.58. The minimum absolute atomic E-state index is 0.0261. The van der Waals surface area contributed by atoms with Crippen LogP contribution in [-0.4, -0.2) is 86.5 Å². The number of carbonyl (C=O) groups is 3. The van der Waals surface area contributed by atoms with Crippen molar-refractivity contribution < 1.29 is 39.2 Å². The standard InChI is InChI=1S/C30H38FN3O7/c1-4-8-34(12-14-6-5-7-14)13-16-11-19(35)21-17(23(16)31)9-15-10-18-24(33(2)3)26(37)22(29(32)40)28(39)30(18,41)27(38)20(15)25(21)36/h11,14-15,18,24,35,37-38,41H,4-10,12-13H2,1-3H3,(H2,32,40)/t15-,18-,24-,30-/m0/s1. The fourth-order valence-corrected chi connectivity index (χ4v) is 7.30. The van der Waals surface area contributed by atoms with Crippen molar-refractivity contribution in [3.8, 4) is 5.75 Å². The Morgan fingerprint density at radius 2 is 1.88 bits per heavy atom. The van der Waals surface area contributed by atoms with Gasteiger partial charge in [0.1, 0.15) is 28.7 Å². The van der Waals surface area contributed by atoms with Gasteiger partial charge in [-0.25, -0.2) is 4.39 Å². The lowest BCUT2D eigenvalue weighted by atomic mass is 9.58. The van der Waals surface area contributed by atoms with Crippen LogP contribution in [0.4, 0.5) is 4.39 Å². The van der Waals surface area contributed by atoms with E-state index in [4.69, 9.17) is 5.73 Å². The van der Waals surface area contributed by atoms with E-state index in [2.05, 4.69) is 4.90 Å². The maximum atomic E-state index is 16.1. The molecule has 0 spiro atoms. The first kappa shape index (κ1) is 29.2.